The van der Waals surface area contributed by atoms with Crippen LogP contribution < -0.4 is 0 Å². The van der Waals surface area contributed by atoms with Crippen LogP contribution in [0.4, 0.5) is 0 Å². The van der Waals surface area contributed by atoms with E-state index >= 15 is 0 Å². The molecule has 0 saturated heterocycles. The molecule has 0 aromatic carbocycles. The molecule has 3 unspecified atom stereocenters. The van der Waals surface area contributed by atoms with E-state index in [1.54, 1.807) is 6.08 Å². The van der Waals surface area contributed by atoms with E-state index < -0.39 is 64.4 Å². The Morgan fingerprint density at radius 3 is 1.38 bits per heavy atom. The van der Waals surface area contributed by atoms with Gasteiger partial charge in [-0.15, -0.1) is 0 Å². The molecule has 2 N–H and O–H groups in total. The highest BCUT2D eigenvalue weighted by Gasteiger charge is 2.28. The molecule has 11 nitrogen and oxygen atoms in total. The zero-order valence-electron chi connectivity index (χ0n) is 40.6. The first-order chi connectivity index (χ1) is 32.2. The van der Waals surface area contributed by atoms with Gasteiger partial charge in [0.15, 0.2) is 6.10 Å². The standard InChI is InChI=1S/C54H85O11P/c1-4-7-10-13-16-19-22-24-25-27-29-31-34-37-40-43-52(56)61-47-51(65-54(58)45-42-39-36-33-30-26-23-20-17-14-11-8-5-2)49-63-66(59,60)62-48-50(46-55)64-53(57)44-41-38-35-32-28-21-18-15-12-9-6-3/h7-8,10-11,15-20,24-26,29-31,36-37,39-40,50-51,55H,4-6,9,12-14,21-23,27-28,32-35,38,41-49H2,1-3H3,(H,59,60)/b10-7-,11-8-,18-15-,19-16-,20-17-,25-24-,30-26-,31-29-,39-36-,40-37-. The van der Waals surface area contributed by atoms with E-state index in [9.17, 15) is 28.9 Å². The summed E-state index contributed by atoms with van der Waals surface area (Å²) in [5, 5.41) is 9.74. The summed E-state index contributed by atoms with van der Waals surface area (Å²) in [5.74, 6) is -1.75. The van der Waals surface area contributed by atoms with Crippen LogP contribution in [0.15, 0.2) is 122 Å². The van der Waals surface area contributed by atoms with Gasteiger partial charge < -0.3 is 24.2 Å². The van der Waals surface area contributed by atoms with E-state index in [1.165, 1.54) is 12.8 Å². The Hall–Kier alpha value is -4.12. The molecular weight excluding hydrogens is 856 g/mol. The first-order valence-electron chi connectivity index (χ1n) is 24.4. The van der Waals surface area contributed by atoms with Gasteiger partial charge in [0.05, 0.1) is 26.2 Å². The number of allylic oxidation sites excluding steroid dienone is 19. The minimum absolute atomic E-state index is 0.0202. The molecule has 0 bridgehead atoms. The fourth-order valence-corrected chi connectivity index (χ4v) is 6.50. The maximum atomic E-state index is 12.8. The summed E-state index contributed by atoms with van der Waals surface area (Å²) < 4.78 is 39.0. The van der Waals surface area contributed by atoms with Crippen molar-refractivity contribution in [2.75, 3.05) is 26.4 Å². The molecule has 0 aromatic rings. The number of aliphatic hydroxyl groups excluding tert-OH is 1. The lowest BCUT2D eigenvalue weighted by molar-refractivity contribution is -0.160. The minimum Gasteiger partial charge on any atom is -0.461 e. The number of ether oxygens (including phenoxy) is 3. The smallest absolute Gasteiger partial charge is 0.461 e. The SMILES string of the molecule is CC/C=C\C/C=C\C/C=C\C/C=C\C/C=C\CC(=O)OCC(COP(=O)(O)OCC(CO)OC(=O)CCCCCCC/C=C\CCCC)OC(=O)CC/C=C\C/C=C\C/C=C\C/C=C\CC. The summed E-state index contributed by atoms with van der Waals surface area (Å²) in [7, 11) is -4.78. The third-order valence-electron chi connectivity index (χ3n) is 9.40. The summed E-state index contributed by atoms with van der Waals surface area (Å²) in [6.45, 7) is 4.11. The molecule has 0 heterocycles. The molecule has 0 radical (unpaired) electrons. The Balaban J connectivity index is 4.99. The second-order valence-electron chi connectivity index (χ2n) is 15.5. The van der Waals surface area contributed by atoms with Gasteiger partial charge in [-0.25, -0.2) is 4.57 Å². The van der Waals surface area contributed by atoms with Crippen molar-refractivity contribution in [1.29, 1.82) is 0 Å². The topological polar surface area (TPSA) is 155 Å². The zero-order valence-corrected chi connectivity index (χ0v) is 41.5. The van der Waals surface area contributed by atoms with Gasteiger partial charge in [-0.2, -0.15) is 0 Å². The van der Waals surface area contributed by atoms with E-state index in [0.717, 1.165) is 83.5 Å². The first-order valence-corrected chi connectivity index (χ1v) is 25.9. The molecule has 0 fully saturated rings. The monoisotopic (exact) mass is 941 g/mol. The number of unbranched alkanes of at least 4 members (excludes halogenated alkanes) is 7. The van der Waals surface area contributed by atoms with Gasteiger partial charge in [0.2, 0.25) is 0 Å². The van der Waals surface area contributed by atoms with Gasteiger partial charge in [0, 0.05) is 12.8 Å². The van der Waals surface area contributed by atoms with Gasteiger partial charge in [-0.3, -0.25) is 23.4 Å². The van der Waals surface area contributed by atoms with Crippen LogP contribution in [0.1, 0.15) is 162 Å². The highest BCUT2D eigenvalue weighted by Crippen LogP contribution is 2.43. The maximum Gasteiger partial charge on any atom is 0.472 e. The normalized spacial score (nSPS) is 14.6. The van der Waals surface area contributed by atoms with E-state index in [1.807, 2.05) is 36.5 Å². The summed E-state index contributed by atoms with van der Waals surface area (Å²) in [6.07, 6.45) is 56.6. The van der Waals surface area contributed by atoms with Crippen LogP contribution in [0, 0.1) is 0 Å². The third kappa shape index (κ3) is 45.1. The average Bonchev–Trinajstić information content (AvgIpc) is 3.30. The van der Waals surface area contributed by atoms with Crippen LogP contribution in [0.3, 0.4) is 0 Å². The average molecular weight is 941 g/mol. The molecule has 0 aliphatic rings. The largest absolute Gasteiger partial charge is 0.472 e. The Labute approximate surface area is 398 Å². The summed E-state index contributed by atoms with van der Waals surface area (Å²) in [4.78, 5) is 48.1. The van der Waals surface area contributed by atoms with Crippen molar-refractivity contribution in [2.45, 2.75) is 174 Å². The molecule has 0 aliphatic heterocycles. The number of hydrogen-bond donors (Lipinski definition) is 2. The van der Waals surface area contributed by atoms with Crippen molar-refractivity contribution in [3.8, 4) is 0 Å². The predicted molar refractivity (Wildman–Crippen MR) is 270 cm³/mol. The van der Waals surface area contributed by atoms with Gasteiger partial charge in [-0.1, -0.05) is 174 Å². The molecule has 66 heavy (non-hydrogen) atoms. The van der Waals surface area contributed by atoms with Gasteiger partial charge in [0.25, 0.3) is 0 Å². The number of carbonyl (C=O) groups is 3. The van der Waals surface area contributed by atoms with Crippen molar-refractivity contribution in [2.24, 2.45) is 0 Å². The van der Waals surface area contributed by atoms with Crippen molar-refractivity contribution < 1.29 is 52.2 Å². The van der Waals surface area contributed by atoms with Crippen molar-refractivity contribution in [3.05, 3.63) is 122 Å². The molecule has 372 valence electrons. The molecule has 0 saturated carbocycles. The maximum absolute atomic E-state index is 12.8. The van der Waals surface area contributed by atoms with Gasteiger partial charge >= 0.3 is 25.7 Å². The number of esters is 3. The van der Waals surface area contributed by atoms with E-state index in [-0.39, 0.29) is 19.3 Å². The summed E-state index contributed by atoms with van der Waals surface area (Å²) in [6, 6.07) is 0. The van der Waals surface area contributed by atoms with Crippen LogP contribution in [0.5, 0.6) is 0 Å². The molecule has 0 amide bonds. The Kier molecular flexibility index (Phi) is 44.4. The van der Waals surface area contributed by atoms with Crippen LogP contribution in [0.25, 0.3) is 0 Å². The number of phosphoric ester groups is 1. The zero-order chi connectivity index (χ0) is 48.4. The fourth-order valence-electron chi connectivity index (χ4n) is 5.72. The number of aliphatic hydroxyl groups is 1. The lowest BCUT2D eigenvalue weighted by atomic mass is 10.1. The lowest BCUT2D eigenvalue weighted by Gasteiger charge is -2.21. The van der Waals surface area contributed by atoms with Crippen molar-refractivity contribution >= 4 is 25.7 Å². The number of carbonyl (C=O) groups excluding carboxylic acids is 3. The van der Waals surface area contributed by atoms with Crippen LogP contribution >= 0.6 is 7.82 Å². The molecule has 12 heteroatoms. The predicted octanol–water partition coefficient (Wildman–Crippen LogP) is 13.7. The highest BCUT2D eigenvalue weighted by atomic mass is 31.2. The Morgan fingerprint density at radius 1 is 0.455 bits per heavy atom. The van der Waals surface area contributed by atoms with Crippen LogP contribution in [0.2, 0.25) is 0 Å². The third-order valence-corrected chi connectivity index (χ3v) is 10.3. The molecule has 3 atom stereocenters. The van der Waals surface area contributed by atoms with Crippen molar-refractivity contribution in [3.63, 3.8) is 0 Å². The van der Waals surface area contributed by atoms with Crippen molar-refractivity contribution in [1.82, 2.24) is 0 Å². The number of phosphoric acid groups is 1. The molecule has 0 rings (SSSR count). The van der Waals surface area contributed by atoms with Crippen LogP contribution in [-0.2, 0) is 42.2 Å². The second kappa shape index (κ2) is 47.4. The lowest BCUT2D eigenvalue weighted by Crippen LogP contribution is -2.30. The fraction of sp³-hybridized carbons (Fsp3) is 0.574. The summed E-state index contributed by atoms with van der Waals surface area (Å²) >= 11 is 0. The minimum atomic E-state index is -4.78. The highest BCUT2D eigenvalue weighted by molar-refractivity contribution is 7.47. The van der Waals surface area contributed by atoms with Gasteiger partial charge in [-0.05, 0) is 89.9 Å². The van der Waals surface area contributed by atoms with E-state index in [2.05, 4.69) is 99.8 Å². The number of hydrogen-bond acceptors (Lipinski definition) is 10. The molecule has 0 aliphatic carbocycles. The number of rotatable bonds is 43. The van der Waals surface area contributed by atoms with E-state index in [4.69, 9.17) is 23.3 Å². The van der Waals surface area contributed by atoms with Crippen LogP contribution in [-0.4, -0.2) is 66.5 Å². The second-order valence-corrected chi connectivity index (χ2v) is 17.0. The first kappa shape index (κ1) is 61.9. The van der Waals surface area contributed by atoms with Gasteiger partial charge in [0.1, 0.15) is 12.7 Å². The summed E-state index contributed by atoms with van der Waals surface area (Å²) in [5.41, 5.74) is 0. The van der Waals surface area contributed by atoms with E-state index in [0.29, 0.717) is 25.7 Å². The quantitative estimate of drug-likeness (QED) is 0.0197. The molecular formula is C54H85O11P. The Morgan fingerprint density at radius 2 is 0.864 bits per heavy atom. The molecule has 0 spiro atoms. The molecule has 0 aromatic heterocycles. The Bertz CT molecular complexity index is 1570.